The van der Waals surface area contributed by atoms with Crippen molar-refractivity contribution in [3.63, 3.8) is 0 Å². The first kappa shape index (κ1) is 14.4. The fourth-order valence-electron chi connectivity index (χ4n) is 2.25. The van der Waals surface area contributed by atoms with Crippen molar-refractivity contribution in [2.24, 2.45) is 0 Å². The predicted octanol–water partition coefficient (Wildman–Crippen LogP) is 4.67. The molecule has 0 saturated carbocycles. The first-order valence-electron chi connectivity index (χ1n) is 6.21. The lowest BCUT2D eigenvalue weighted by Crippen LogP contribution is -2.01. The second-order valence-corrected chi connectivity index (χ2v) is 5.57. The van der Waals surface area contributed by atoms with Gasteiger partial charge in [0, 0.05) is 16.6 Å². The zero-order valence-electron chi connectivity index (χ0n) is 11.1. The molecule has 3 rings (SSSR count). The van der Waals surface area contributed by atoms with Crippen LogP contribution in [0, 0.1) is 5.82 Å². The number of methoxy groups -OCH3 is 1. The SMILES string of the molecule is COc1ccc(Br)c(-n2c(CCl)nc3cc(F)ccc32)c1. The van der Waals surface area contributed by atoms with Gasteiger partial charge < -0.3 is 4.74 Å². The monoisotopic (exact) mass is 368 g/mol. The number of hydrogen-bond acceptors (Lipinski definition) is 2. The van der Waals surface area contributed by atoms with Crippen molar-refractivity contribution in [1.29, 1.82) is 0 Å². The van der Waals surface area contributed by atoms with E-state index in [4.69, 9.17) is 16.3 Å². The molecule has 21 heavy (non-hydrogen) atoms. The van der Waals surface area contributed by atoms with Crippen LogP contribution in [-0.4, -0.2) is 16.7 Å². The number of fused-ring (bicyclic) bond motifs is 1. The molecule has 0 bridgehead atoms. The van der Waals surface area contributed by atoms with Crippen LogP contribution in [0.5, 0.6) is 5.75 Å². The third-order valence-corrected chi connectivity index (χ3v) is 4.11. The summed E-state index contributed by atoms with van der Waals surface area (Å²) in [7, 11) is 1.61. The largest absolute Gasteiger partial charge is 0.497 e. The van der Waals surface area contributed by atoms with Crippen LogP contribution in [0.3, 0.4) is 0 Å². The number of benzene rings is 2. The summed E-state index contributed by atoms with van der Waals surface area (Å²) in [5, 5.41) is 0. The molecule has 3 nitrogen and oxygen atoms in total. The van der Waals surface area contributed by atoms with E-state index in [1.165, 1.54) is 12.1 Å². The molecule has 1 aromatic heterocycles. The Hall–Kier alpha value is -1.59. The van der Waals surface area contributed by atoms with Crippen molar-refractivity contribution in [2.75, 3.05) is 7.11 Å². The lowest BCUT2D eigenvalue weighted by atomic mass is 10.2. The van der Waals surface area contributed by atoms with Crippen LogP contribution in [-0.2, 0) is 5.88 Å². The molecule has 0 saturated heterocycles. The molecule has 1 heterocycles. The highest BCUT2D eigenvalue weighted by Gasteiger charge is 2.15. The van der Waals surface area contributed by atoms with Gasteiger partial charge in [-0.1, -0.05) is 0 Å². The van der Waals surface area contributed by atoms with Gasteiger partial charge in [0.2, 0.25) is 0 Å². The van der Waals surface area contributed by atoms with Crippen LogP contribution >= 0.6 is 27.5 Å². The highest BCUT2D eigenvalue weighted by atomic mass is 79.9. The summed E-state index contributed by atoms with van der Waals surface area (Å²) in [5.74, 6) is 1.27. The van der Waals surface area contributed by atoms with Crippen LogP contribution in [0.2, 0.25) is 0 Å². The van der Waals surface area contributed by atoms with E-state index in [1.807, 2.05) is 22.8 Å². The lowest BCUT2D eigenvalue weighted by molar-refractivity contribution is 0.414. The first-order valence-corrected chi connectivity index (χ1v) is 7.53. The summed E-state index contributed by atoms with van der Waals surface area (Å²) in [4.78, 5) is 4.39. The van der Waals surface area contributed by atoms with E-state index < -0.39 is 0 Å². The molecule has 0 atom stereocenters. The molecule has 0 fully saturated rings. The second-order valence-electron chi connectivity index (χ2n) is 4.45. The zero-order valence-corrected chi connectivity index (χ0v) is 13.4. The minimum atomic E-state index is -0.321. The number of imidazole rings is 1. The topological polar surface area (TPSA) is 27.1 Å². The van der Waals surface area contributed by atoms with E-state index in [0.29, 0.717) is 11.3 Å². The van der Waals surface area contributed by atoms with Gasteiger partial charge >= 0.3 is 0 Å². The van der Waals surface area contributed by atoms with E-state index in [1.54, 1.807) is 13.2 Å². The van der Waals surface area contributed by atoms with E-state index in [0.717, 1.165) is 21.4 Å². The highest BCUT2D eigenvalue weighted by Crippen LogP contribution is 2.31. The normalized spacial score (nSPS) is 11.0. The summed E-state index contributed by atoms with van der Waals surface area (Å²) in [6.07, 6.45) is 0. The Balaban J connectivity index is 2.33. The average Bonchev–Trinajstić information content (AvgIpc) is 2.85. The van der Waals surface area contributed by atoms with Gasteiger partial charge in [-0.3, -0.25) is 4.57 Å². The molecule has 0 aliphatic rings. The summed E-state index contributed by atoms with van der Waals surface area (Å²) < 4.78 is 21.4. The van der Waals surface area contributed by atoms with Gasteiger partial charge in [0.25, 0.3) is 0 Å². The van der Waals surface area contributed by atoms with Crippen LogP contribution in [0.15, 0.2) is 40.9 Å². The Morgan fingerprint density at radius 3 is 2.81 bits per heavy atom. The molecule has 0 spiro atoms. The smallest absolute Gasteiger partial charge is 0.129 e. The van der Waals surface area contributed by atoms with Gasteiger partial charge in [-0.05, 0) is 40.2 Å². The molecular formula is C15H11BrClFN2O. The molecule has 2 aromatic carbocycles. The average molecular weight is 370 g/mol. The van der Waals surface area contributed by atoms with E-state index in [9.17, 15) is 4.39 Å². The van der Waals surface area contributed by atoms with Crippen LogP contribution < -0.4 is 4.74 Å². The third kappa shape index (κ3) is 2.51. The highest BCUT2D eigenvalue weighted by molar-refractivity contribution is 9.10. The van der Waals surface area contributed by atoms with Gasteiger partial charge in [-0.25, -0.2) is 9.37 Å². The number of aromatic nitrogens is 2. The zero-order chi connectivity index (χ0) is 15.0. The maximum atomic E-state index is 13.4. The van der Waals surface area contributed by atoms with Crippen LogP contribution in [0.25, 0.3) is 16.7 Å². The molecule has 0 amide bonds. The molecule has 6 heteroatoms. The number of halogens is 3. The maximum absolute atomic E-state index is 13.4. The van der Waals surface area contributed by atoms with Gasteiger partial charge in [0.15, 0.2) is 0 Å². The summed E-state index contributed by atoms with van der Waals surface area (Å²) in [6, 6.07) is 10.1. The number of hydrogen-bond donors (Lipinski definition) is 0. The second kappa shape index (κ2) is 5.66. The summed E-state index contributed by atoms with van der Waals surface area (Å²) in [5.41, 5.74) is 2.21. The Kier molecular flexibility index (Phi) is 3.87. The van der Waals surface area contributed by atoms with E-state index in [2.05, 4.69) is 20.9 Å². The minimum absolute atomic E-state index is 0.222. The summed E-state index contributed by atoms with van der Waals surface area (Å²) in [6.45, 7) is 0. The van der Waals surface area contributed by atoms with Gasteiger partial charge in [-0.15, -0.1) is 11.6 Å². The van der Waals surface area contributed by atoms with E-state index >= 15 is 0 Å². The Labute approximate surface area is 134 Å². The quantitative estimate of drug-likeness (QED) is 0.627. The fourth-order valence-corrected chi connectivity index (χ4v) is 2.86. The van der Waals surface area contributed by atoms with Crippen molar-refractivity contribution in [2.45, 2.75) is 5.88 Å². The van der Waals surface area contributed by atoms with Crippen molar-refractivity contribution in [3.8, 4) is 11.4 Å². The summed E-state index contributed by atoms with van der Waals surface area (Å²) >= 11 is 9.52. The molecule has 0 unspecified atom stereocenters. The molecule has 108 valence electrons. The minimum Gasteiger partial charge on any atom is -0.497 e. The van der Waals surface area contributed by atoms with Crippen molar-refractivity contribution >= 4 is 38.6 Å². The Morgan fingerprint density at radius 2 is 2.10 bits per heavy atom. The molecule has 0 radical (unpaired) electrons. The standard InChI is InChI=1S/C15H11BrClFN2O/c1-21-10-3-4-11(16)14(7-10)20-13-5-2-9(18)6-12(13)19-15(20)8-17/h2-7H,8H2,1H3. The number of nitrogens with zero attached hydrogens (tertiary/aromatic N) is 2. The van der Waals surface area contributed by atoms with Crippen molar-refractivity contribution in [3.05, 3.63) is 52.5 Å². The number of alkyl halides is 1. The molecular weight excluding hydrogens is 359 g/mol. The van der Waals surface area contributed by atoms with Gasteiger partial charge in [-0.2, -0.15) is 0 Å². The number of rotatable bonds is 3. The number of ether oxygens (including phenoxy) is 1. The van der Waals surface area contributed by atoms with Crippen molar-refractivity contribution < 1.29 is 9.13 Å². The predicted molar refractivity (Wildman–Crippen MR) is 84.8 cm³/mol. The van der Waals surface area contributed by atoms with Gasteiger partial charge in [0.05, 0.1) is 29.7 Å². The van der Waals surface area contributed by atoms with Gasteiger partial charge in [0.1, 0.15) is 17.4 Å². The molecule has 0 N–H and O–H groups in total. The van der Waals surface area contributed by atoms with E-state index in [-0.39, 0.29) is 11.7 Å². The maximum Gasteiger partial charge on any atom is 0.129 e. The van der Waals surface area contributed by atoms with Crippen molar-refractivity contribution in [1.82, 2.24) is 9.55 Å². The van der Waals surface area contributed by atoms with Crippen LogP contribution in [0.4, 0.5) is 4.39 Å². The Morgan fingerprint density at radius 1 is 1.29 bits per heavy atom. The molecule has 3 aromatic rings. The Bertz CT molecular complexity index is 819. The molecule has 0 aliphatic carbocycles. The molecule has 0 aliphatic heterocycles. The van der Waals surface area contributed by atoms with Crippen LogP contribution in [0.1, 0.15) is 5.82 Å². The fraction of sp³-hybridized carbons (Fsp3) is 0.133. The third-order valence-electron chi connectivity index (χ3n) is 3.20. The first-order chi connectivity index (χ1) is 10.1. The lowest BCUT2D eigenvalue weighted by Gasteiger charge is -2.11.